The first-order valence-electron chi connectivity index (χ1n) is 8.62. The summed E-state index contributed by atoms with van der Waals surface area (Å²) >= 11 is 0. The first-order chi connectivity index (χ1) is 13.7. The second-order valence-corrected chi connectivity index (χ2v) is 5.78. The molecule has 8 nitrogen and oxygen atoms in total. The normalized spacial score (nSPS) is 10.4. The lowest BCUT2D eigenvalue weighted by Crippen LogP contribution is -2.26. The van der Waals surface area contributed by atoms with E-state index in [0.29, 0.717) is 47.6 Å². The molecule has 1 heterocycles. The first-order valence-corrected chi connectivity index (χ1v) is 8.62. The Kier molecular flexibility index (Phi) is 6.11. The van der Waals surface area contributed by atoms with Crippen molar-refractivity contribution in [3.63, 3.8) is 0 Å². The zero-order valence-electron chi connectivity index (χ0n) is 15.9. The molecule has 0 aliphatic heterocycles. The Morgan fingerprint density at radius 1 is 1.00 bits per heavy atom. The molecule has 28 heavy (non-hydrogen) atoms. The molecule has 0 aliphatic rings. The summed E-state index contributed by atoms with van der Waals surface area (Å²) < 4.78 is 21.4. The van der Waals surface area contributed by atoms with E-state index in [4.69, 9.17) is 18.6 Å². The maximum atomic E-state index is 12.5. The summed E-state index contributed by atoms with van der Waals surface area (Å²) in [7, 11) is 4.60. The van der Waals surface area contributed by atoms with Gasteiger partial charge in [0.15, 0.2) is 0 Å². The third-order valence-corrected chi connectivity index (χ3v) is 4.06. The van der Waals surface area contributed by atoms with Gasteiger partial charge < -0.3 is 23.9 Å². The largest absolute Gasteiger partial charge is 0.497 e. The number of amides is 1. The smallest absolute Gasteiger partial charge is 0.258 e. The van der Waals surface area contributed by atoms with E-state index in [0.717, 1.165) is 5.56 Å². The van der Waals surface area contributed by atoms with Crippen molar-refractivity contribution in [3.8, 4) is 28.7 Å². The third-order valence-electron chi connectivity index (χ3n) is 4.06. The second-order valence-electron chi connectivity index (χ2n) is 5.78. The number of hydrogen-bond acceptors (Lipinski definition) is 7. The van der Waals surface area contributed by atoms with Crippen molar-refractivity contribution in [1.29, 1.82) is 0 Å². The van der Waals surface area contributed by atoms with Crippen molar-refractivity contribution in [2.24, 2.45) is 0 Å². The van der Waals surface area contributed by atoms with Crippen LogP contribution in [-0.2, 0) is 6.42 Å². The lowest BCUT2D eigenvalue weighted by molar-refractivity contribution is 0.0947. The monoisotopic (exact) mass is 383 g/mol. The fraction of sp³-hybridized carbons (Fsp3) is 0.250. The molecule has 146 valence electrons. The zero-order chi connectivity index (χ0) is 19.9. The van der Waals surface area contributed by atoms with Crippen LogP contribution in [0, 0.1) is 0 Å². The number of aromatic nitrogens is 2. The summed E-state index contributed by atoms with van der Waals surface area (Å²) in [6, 6.07) is 12.5. The van der Waals surface area contributed by atoms with E-state index < -0.39 is 0 Å². The van der Waals surface area contributed by atoms with Gasteiger partial charge in [-0.1, -0.05) is 12.1 Å². The van der Waals surface area contributed by atoms with Crippen LogP contribution in [0.5, 0.6) is 17.2 Å². The molecule has 0 radical (unpaired) electrons. The summed E-state index contributed by atoms with van der Waals surface area (Å²) in [6.45, 7) is 0.319. The van der Waals surface area contributed by atoms with Gasteiger partial charge in [-0.2, -0.15) is 0 Å². The van der Waals surface area contributed by atoms with Gasteiger partial charge in [0.05, 0.1) is 21.3 Å². The topological polar surface area (TPSA) is 95.7 Å². The van der Waals surface area contributed by atoms with Crippen LogP contribution in [0.4, 0.5) is 0 Å². The highest BCUT2D eigenvalue weighted by atomic mass is 16.5. The Morgan fingerprint density at radius 2 is 1.71 bits per heavy atom. The average molecular weight is 383 g/mol. The maximum Gasteiger partial charge on any atom is 0.258 e. The van der Waals surface area contributed by atoms with E-state index in [1.165, 1.54) is 14.2 Å². The fourth-order valence-corrected chi connectivity index (χ4v) is 2.67. The van der Waals surface area contributed by atoms with E-state index in [2.05, 4.69) is 15.5 Å². The summed E-state index contributed by atoms with van der Waals surface area (Å²) in [6.07, 6.45) is 0.389. The molecule has 8 heteroatoms. The van der Waals surface area contributed by atoms with Gasteiger partial charge in [-0.05, 0) is 30.3 Å². The molecule has 3 rings (SSSR count). The summed E-state index contributed by atoms with van der Waals surface area (Å²) in [5.41, 5.74) is 1.11. The Bertz CT molecular complexity index is 932. The Labute approximate surface area is 162 Å². The molecule has 0 saturated heterocycles. The second kappa shape index (κ2) is 8.90. The molecule has 0 bridgehead atoms. The number of hydrogen-bond donors (Lipinski definition) is 1. The number of carbonyl (C=O) groups excluding carboxylic acids is 1. The number of nitrogens with zero attached hydrogens (tertiary/aromatic N) is 2. The minimum Gasteiger partial charge on any atom is -0.497 e. The Hall–Kier alpha value is -3.55. The van der Waals surface area contributed by atoms with E-state index in [1.54, 1.807) is 25.3 Å². The SMILES string of the molecule is COc1cccc(-c2nnc(CCNC(=O)c3c(OC)cccc3OC)o2)c1. The van der Waals surface area contributed by atoms with Crippen LogP contribution in [-0.4, -0.2) is 44.0 Å². The first kappa shape index (κ1) is 19.2. The van der Waals surface area contributed by atoms with E-state index in [-0.39, 0.29) is 5.91 Å². The molecule has 3 aromatic rings. The van der Waals surface area contributed by atoms with Gasteiger partial charge in [0.1, 0.15) is 22.8 Å². The van der Waals surface area contributed by atoms with Crippen LogP contribution < -0.4 is 19.5 Å². The van der Waals surface area contributed by atoms with Crippen molar-refractivity contribution in [2.45, 2.75) is 6.42 Å². The molecule has 1 aromatic heterocycles. The van der Waals surface area contributed by atoms with Crippen LogP contribution in [0.3, 0.4) is 0 Å². The number of carbonyl (C=O) groups is 1. The van der Waals surface area contributed by atoms with Crippen molar-refractivity contribution in [2.75, 3.05) is 27.9 Å². The van der Waals surface area contributed by atoms with Crippen LogP contribution in [0.15, 0.2) is 46.9 Å². The van der Waals surface area contributed by atoms with Crippen LogP contribution >= 0.6 is 0 Å². The van der Waals surface area contributed by atoms with Crippen LogP contribution in [0.25, 0.3) is 11.5 Å². The lowest BCUT2D eigenvalue weighted by atomic mass is 10.1. The van der Waals surface area contributed by atoms with E-state index >= 15 is 0 Å². The molecule has 0 spiro atoms. The van der Waals surface area contributed by atoms with Crippen molar-refractivity contribution >= 4 is 5.91 Å². The molecule has 1 N–H and O–H groups in total. The molecular weight excluding hydrogens is 362 g/mol. The van der Waals surface area contributed by atoms with Crippen molar-refractivity contribution in [3.05, 3.63) is 53.9 Å². The van der Waals surface area contributed by atoms with Gasteiger partial charge >= 0.3 is 0 Å². The van der Waals surface area contributed by atoms with Gasteiger partial charge in [-0.25, -0.2) is 0 Å². The van der Waals surface area contributed by atoms with Gasteiger partial charge in [0.2, 0.25) is 11.8 Å². The summed E-state index contributed by atoms with van der Waals surface area (Å²) in [5.74, 6) is 2.10. The molecule has 0 saturated carbocycles. The third kappa shape index (κ3) is 4.22. The molecule has 1 amide bonds. The molecule has 2 aromatic carbocycles. The minimum absolute atomic E-state index is 0.304. The number of rotatable bonds is 8. The van der Waals surface area contributed by atoms with E-state index in [1.807, 2.05) is 24.3 Å². The van der Waals surface area contributed by atoms with Gasteiger partial charge in [-0.3, -0.25) is 4.79 Å². The maximum absolute atomic E-state index is 12.5. The predicted octanol–water partition coefficient (Wildman–Crippen LogP) is 2.73. The fourth-order valence-electron chi connectivity index (χ4n) is 2.67. The Balaban J connectivity index is 1.63. The summed E-state index contributed by atoms with van der Waals surface area (Å²) in [5, 5.41) is 10.9. The van der Waals surface area contributed by atoms with Gasteiger partial charge in [0, 0.05) is 18.5 Å². The van der Waals surface area contributed by atoms with Crippen LogP contribution in [0.2, 0.25) is 0 Å². The highest BCUT2D eigenvalue weighted by molar-refractivity contribution is 5.99. The molecule has 0 atom stereocenters. The van der Waals surface area contributed by atoms with Crippen molar-refractivity contribution in [1.82, 2.24) is 15.5 Å². The minimum atomic E-state index is -0.304. The van der Waals surface area contributed by atoms with Gasteiger partial charge in [0.25, 0.3) is 5.91 Å². The zero-order valence-corrected chi connectivity index (χ0v) is 15.9. The van der Waals surface area contributed by atoms with Crippen LogP contribution in [0.1, 0.15) is 16.2 Å². The summed E-state index contributed by atoms with van der Waals surface area (Å²) in [4.78, 5) is 12.5. The number of methoxy groups -OCH3 is 3. The number of benzene rings is 2. The standard InChI is InChI=1S/C20H21N3O5/c1-25-14-7-4-6-13(12-14)20-23-22-17(28-20)10-11-21-19(24)18-15(26-2)8-5-9-16(18)27-3/h4-9,12H,10-11H2,1-3H3,(H,21,24). The molecule has 0 aliphatic carbocycles. The average Bonchev–Trinajstić information content (AvgIpc) is 3.22. The molecule has 0 fully saturated rings. The van der Waals surface area contributed by atoms with Gasteiger partial charge in [-0.15, -0.1) is 10.2 Å². The molecule has 0 unspecified atom stereocenters. The Morgan fingerprint density at radius 3 is 2.39 bits per heavy atom. The molecular formula is C20H21N3O5. The predicted molar refractivity (Wildman–Crippen MR) is 102 cm³/mol. The quantitative estimate of drug-likeness (QED) is 0.639. The van der Waals surface area contributed by atoms with E-state index in [9.17, 15) is 4.79 Å². The number of ether oxygens (including phenoxy) is 3. The lowest BCUT2D eigenvalue weighted by Gasteiger charge is -2.12. The number of nitrogens with one attached hydrogen (secondary N) is 1. The van der Waals surface area contributed by atoms with Crippen molar-refractivity contribution < 1.29 is 23.4 Å². The highest BCUT2D eigenvalue weighted by Crippen LogP contribution is 2.28. The highest BCUT2D eigenvalue weighted by Gasteiger charge is 2.18.